The summed E-state index contributed by atoms with van der Waals surface area (Å²) in [6.07, 6.45) is 3.75. The normalized spacial score (nSPS) is 11.5. The first-order chi connectivity index (χ1) is 6.90. The highest BCUT2D eigenvalue weighted by atomic mass is 15.1. The van der Waals surface area contributed by atoms with Gasteiger partial charge in [-0.1, -0.05) is 0 Å². The van der Waals surface area contributed by atoms with E-state index in [2.05, 4.69) is 50.1 Å². The highest BCUT2D eigenvalue weighted by Gasteiger charge is 2.10. The maximum atomic E-state index is 4.16. The summed E-state index contributed by atoms with van der Waals surface area (Å²) < 4.78 is 0. The SMILES string of the molecule is CN(C)c1ccncc1CNC(C)(C)C. The third-order valence-corrected chi connectivity index (χ3v) is 2.17. The van der Waals surface area contributed by atoms with Gasteiger partial charge in [0.1, 0.15) is 0 Å². The van der Waals surface area contributed by atoms with Crippen LogP contribution >= 0.6 is 0 Å². The molecule has 1 aromatic heterocycles. The lowest BCUT2D eigenvalue weighted by Gasteiger charge is -2.23. The second-order valence-electron chi connectivity index (χ2n) is 5.00. The van der Waals surface area contributed by atoms with E-state index in [1.54, 1.807) is 0 Å². The fraction of sp³-hybridized carbons (Fsp3) is 0.583. The highest BCUT2D eigenvalue weighted by Crippen LogP contribution is 2.17. The third-order valence-electron chi connectivity index (χ3n) is 2.17. The van der Waals surface area contributed by atoms with Crippen molar-refractivity contribution >= 4 is 5.69 Å². The molecule has 1 N–H and O–H groups in total. The first-order valence-corrected chi connectivity index (χ1v) is 5.25. The van der Waals surface area contributed by atoms with Crippen LogP contribution in [-0.2, 0) is 6.54 Å². The van der Waals surface area contributed by atoms with Crippen LogP contribution in [0.25, 0.3) is 0 Å². The van der Waals surface area contributed by atoms with Gasteiger partial charge in [-0.05, 0) is 26.8 Å². The Balaban J connectivity index is 2.76. The number of nitrogens with zero attached hydrogens (tertiary/aromatic N) is 2. The zero-order chi connectivity index (χ0) is 11.5. The van der Waals surface area contributed by atoms with Crippen molar-refractivity contribution in [3.8, 4) is 0 Å². The summed E-state index contributed by atoms with van der Waals surface area (Å²) in [6.45, 7) is 7.35. The van der Waals surface area contributed by atoms with Gasteiger partial charge in [0.15, 0.2) is 0 Å². The zero-order valence-corrected chi connectivity index (χ0v) is 10.3. The van der Waals surface area contributed by atoms with Gasteiger partial charge in [-0.15, -0.1) is 0 Å². The van der Waals surface area contributed by atoms with E-state index in [0.717, 1.165) is 6.54 Å². The molecule has 0 spiro atoms. The van der Waals surface area contributed by atoms with E-state index in [1.165, 1.54) is 11.3 Å². The Bertz CT molecular complexity index is 313. The topological polar surface area (TPSA) is 28.2 Å². The molecule has 1 rings (SSSR count). The van der Waals surface area contributed by atoms with Crippen LogP contribution in [0.3, 0.4) is 0 Å². The van der Waals surface area contributed by atoms with Crippen molar-refractivity contribution in [1.29, 1.82) is 0 Å². The van der Waals surface area contributed by atoms with Crippen molar-refractivity contribution in [3.63, 3.8) is 0 Å². The molecule has 0 amide bonds. The number of pyridine rings is 1. The molecule has 0 unspecified atom stereocenters. The van der Waals surface area contributed by atoms with Crippen LogP contribution in [0, 0.1) is 0 Å². The molecule has 0 fully saturated rings. The zero-order valence-electron chi connectivity index (χ0n) is 10.3. The molecule has 84 valence electrons. The van der Waals surface area contributed by atoms with Crippen LogP contribution in [0.2, 0.25) is 0 Å². The molecule has 1 heterocycles. The molecule has 3 nitrogen and oxygen atoms in total. The van der Waals surface area contributed by atoms with Crippen molar-refractivity contribution in [2.24, 2.45) is 0 Å². The summed E-state index contributed by atoms with van der Waals surface area (Å²) in [4.78, 5) is 6.27. The van der Waals surface area contributed by atoms with Gasteiger partial charge in [0, 0.05) is 49.8 Å². The summed E-state index contributed by atoms with van der Waals surface area (Å²) >= 11 is 0. The molecule has 0 bridgehead atoms. The number of anilines is 1. The summed E-state index contributed by atoms with van der Waals surface area (Å²) in [5.41, 5.74) is 2.60. The minimum absolute atomic E-state index is 0.138. The Morgan fingerprint density at radius 3 is 2.53 bits per heavy atom. The van der Waals surface area contributed by atoms with Crippen LogP contribution in [0.5, 0.6) is 0 Å². The largest absolute Gasteiger partial charge is 0.377 e. The molecule has 1 aromatic rings. The fourth-order valence-electron chi connectivity index (χ4n) is 1.35. The molecule has 15 heavy (non-hydrogen) atoms. The van der Waals surface area contributed by atoms with E-state index >= 15 is 0 Å². The van der Waals surface area contributed by atoms with Crippen LogP contribution in [0.1, 0.15) is 26.3 Å². The summed E-state index contributed by atoms with van der Waals surface area (Å²) in [5, 5.41) is 3.47. The number of rotatable bonds is 3. The first kappa shape index (κ1) is 12.0. The van der Waals surface area contributed by atoms with Gasteiger partial charge in [0.05, 0.1) is 0 Å². The Kier molecular flexibility index (Phi) is 3.69. The van der Waals surface area contributed by atoms with Gasteiger partial charge in [-0.3, -0.25) is 4.98 Å². The predicted molar refractivity (Wildman–Crippen MR) is 65.2 cm³/mol. The second-order valence-corrected chi connectivity index (χ2v) is 5.00. The van der Waals surface area contributed by atoms with Gasteiger partial charge in [-0.2, -0.15) is 0 Å². The van der Waals surface area contributed by atoms with Crippen LogP contribution in [-0.4, -0.2) is 24.6 Å². The predicted octanol–water partition coefficient (Wildman–Crippen LogP) is 2.04. The molecule has 0 atom stereocenters. The Labute approximate surface area is 92.5 Å². The maximum Gasteiger partial charge on any atom is 0.0437 e. The van der Waals surface area contributed by atoms with Gasteiger partial charge < -0.3 is 10.2 Å². The van der Waals surface area contributed by atoms with E-state index in [9.17, 15) is 0 Å². The molecule has 0 saturated carbocycles. The smallest absolute Gasteiger partial charge is 0.0437 e. The fourth-order valence-corrected chi connectivity index (χ4v) is 1.35. The van der Waals surface area contributed by atoms with E-state index in [1.807, 2.05) is 18.5 Å². The minimum Gasteiger partial charge on any atom is -0.377 e. The van der Waals surface area contributed by atoms with Gasteiger partial charge in [0.2, 0.25) is 0 Å². The molecule has 0 saturated heterocycles. The molecular weight excluding hydrogens is 186 g/mol. The van der Waals surface area contributed by atoms with Crippen molar-refractivity contribution in [1.82, 2.24) is 10.3 Å². The highest BCUT2D eigenvalue weighted by molar-refractivity contribution is 5.50. The van der Waals surface area contributed by atoms with Crippen LogP contribution < -0.4 is 10.2 Å². The Morgan fingerprint density at radius 1 is 1.33 bits per heavy atom. The average Bonchev–Trinajstić information content (AvgIpc) is 2.14. The van der Waals surface area contributed by atoms with Crippen molar-refractivity contribution in [2.75, 3.05) is 19.0 Å². The molecule has 0 aliphatic rings. The second kappa shape index (κ2) is 4.62. The molecule has 0 aromatic carbocycles. The summed E-state index contributed by atoms with van der Waals surface area (Å²) in [6, 6.07) is 2.04. The standard InChI is InChI=1S/C12H21N3/c1-12(2,3)14-9-10-8-13-7-6-11(10)15(4)5/h6-8,14H,9H2,1-5H3. The van der Waals surface area contributed by atoms with Gasteiger partial charge in [-0.25, -0.2) is 0 Å². The molecule has 0 aliphatic heterocycles. The molecule has 0 radical (unpaired) electrons. The lowest BCUT2D eigenvalue weighted by molar-refractivity contribution is 0.424. The Morgan fingerprint density at radius 2 is 2.00 bits per heavy atom. The van der Waals surface area contributed by atoms with E-state index in [0.29, 0.717) is 0 Å². The minimum atomic E-state index is 0.138. The van der Waals surface area contributed by atoms with Crippen molar-refractivity contribution < 1.29 is 0 Å². The molecular formula is C12H21N3. The first-order valence-electron chi connectivity index (χ1n) is 5.25. The third kappa shape index (κ3) is 3.88. The molecule has 0 aliphatic carbocycles. The number of aromatic nitrogens is 1. The van der Waals surface area contributed by atoms with E-state index < -0.39 is 0 Å². The number of nitrogens with one attached hydrogen (secondary N) is 1. The monoisotopic (exact) mass is 207 g/mol. The van der Waals surface area contributed by atoms with Crippen molar-refractivity contribution in [3.05, 3.63) is 24.0 Å². The quantitative estimate of drug-likeness (QED) is 0.822. The number of hydrogen-bond donors (Lipinski definition) is 1. The summed E-state index contributed by atoms with van der Waals surface area (Å²) in [5.74, 6) is 0. The maximum absolute atomic E-state index is 4.16. The van der Waals surface area contributed by atoms with Crippen LogP contribution in [0.4, 0.5) is 5.69 Å². The summed E-state index contributed by atoms with van der Waals surface area (Å²) in [7, 11) is 4.10. The molecule has 3 heteroatoms. The van der Waals surface area contributed by atoms with Gasteiger partial charge >= 0.3 is 0 Å². The van der Waals surface area contributed by atoms with Crippen LogP contribution in [0.15, 0.2) is 18.5 Å². The lowest BCUT2D eigenvalue weighted by Crippen LogP contribution is -2.35. The van der Waals surface area contributed by atoms with Crippen molar-refractivity contribution in [2.45, 2.75) is 32.9 Å². The lowest BCUT2D eigenvalue weighted by atomic mass is 10.1. The average molecular weight is 207 g/mol. The van der Waals surface area contributed by atoms with E-state index in [-0.39, 0.29) is 5.54 Å². The van der Waals surface area contributed by atoms with E-state index in [4.69, 9.17) is 0 Å². The van der Waals surface area contributed by atoms with Gasteiger partial charge in [0.25, 0.3) is 0 Å². The Hall–Kier alpha value is -1.09. The number of hydrogen-bond acceptors (Lipinski definition) is 3.